The van der Waals surface area contributed by atoms with Crippen LogP contribution in [0.3, 0.4) is 0 Å². The molecule has 11 heteroatoms. The summed E-state index contributed by atoms with van der Waals surface area (Å²) in [6.07, 6.45) is -4.89. The maximum atomic E-state index is 12.7. The van der Waals surface area contributed by atoms with E-state index >= 15 is 0 Å². The van der Waals surface area contributed by atoms with Gasteiger partial charge in [0.2, 0.25) is 0 Å². The standard InChI is InChI=1S/C18H16ClF3N2O5/c1-17(2,9-16(25)26)23-13-8-11(4-5-14(13)24(27)28)29-15-6-3-10(7-12(15)19)18(20,21)22/h3-8,23H,9H2,1-2H3,(H,25,26). The summed E-state index contributed by atoms with van der Waals surface area (Å²) in [4.78, 5) is 21.6. The lowest BCUT2D eigenvalue weighted by Gasteiger charge is -2.25. The van der Waals surface area contributed by atoms with Crippen molar-refractivity contribution in [3.63, 3.8) is 0 Å². The molecule has 0 spiro atoms. The quantitative estimate of drug-likeness (QED) is 0.428. The highest BCUT2D eigenvalue weighted by molar-refractivity contribution is 6.32. The molecular formula is C18H16ClF3N2O5. The number of carbonyl (C=O) groups is 1. The van der Waals surface area contributed by atoms with Crippen LogP contribution in [0.5, 0.6) is 11.5 Å². The van der Waals surface area contributed by atoms with Gasteiger partial charge in [-0.3, -0.25) is 14.9 Å². The molecular weight excluding hydrogens is 417 g/mol. The average Bonchev–Trinajstić information content (AvgIpc) is 2.54. The molecule has 0 heterocycles. The number of anilines is 1. The number of nitrogens with zero attached hydrogens (tertiary/aromatic N) is 1. The highest BCUT2D eigenvalue weighted by atomic mass is 35.5. The molecule has 0 aliphatic rings. The van der Waals surface area contributed by atoms with Crippen LogP contribution in [0.4, 0.5) is 24.5 Å². The van der Waals surface area contributed by atoms with Crippen LogP contribution < -0.4 is 10.1 Å². The molecule has 0 atom stereocenters. The Labute approximate surface area is 168 Å². The van der Waals surface area contributed by atoms with Crippen molar-refractivity contribution in [1.29, 1.82) is 0 Å². The number of nitro groups is 1. The van der Waals surface area contributed by atoms with Gasteiger partial charge in [0.05, 0.1) is 21.9 Å². The van der Waals surface area contributed by atoms with Gasteiger partial charge in [-0.05, 0) is 38.1 Å². The second-order valence-corrected chi connectivity index (χ2v) is 7.17. The van der Waals surface area contributed by atoms with Gasteiger partial charge in [-0.15, -0.1) is 0 Å². The molecule has 0 radical (unpaired) electrons. The number of benzene rings is 2. The van der Waals surface area contributed by atoms with Gasteiger partial charge in [0.15, 0.2) is 0 Å². The molecule has 2 aromatic rings. The van der Waals surface area contributed by atoms with Crippen molar-refractivity contribution in [2.75, 3.05) is 5.32 Å². The van der Waals surface area contributed by atoms with Crippen LogP contribution in [-0.4, -0.2) is 21.5 Å². The number of carboxylic acids is 1. The maximum absolute atomic E-state index is 12.7. The van der Waals surface area contributed by atoms with E-state index in [1.54, 1.807) is 13.8 Å². The minimum Gasteiger partial charge on any atom is -0.481 e. The van der Waals surface area contributed by atoms with Crippen LogP contribution in [-0.2, 0) is 11.0 Å². The Kier molecular flexibility index (Phi) is 6.27. The van der Waals surface area contributed by atoms with E-state index in [1.807, 2.05) is 0 Å². The predicted octanol–water partition coefficient (Wildman–Crippen LogP) is 5.72. The topological polar surface area (TPSA) is 102 Å². The van der Waals surface area contributed by atoms with E-state index < -0.39 is 28.2 Å². The largest absolute Gasteiger partial charge is 0.481 e. The first-order valence-corrected chi connectivity index (χ1v) is 8.49. The number of halogens is 4. The highest BCUT2D eigenvalue weighted by Gasteiger charge is 2.31. The van der Waals surface area contributed by atoms with Crippen LogP contribution in [0.2, 0.25) is 5.02 Å². The van der Waals surface area contributed by atoms with Gasteiger partial charge in [-0.25, -0.2) is 0 Å². The van der Waals surface area contributed by atoms with Gasteiger partial charge in [-0.2, -0.15) is 13.2 Å². The molecule has 7 nitrogen and oxygen atoms in total. The highest BCUT2D eigenvalue weighted by Crippen LogP contribution is 2.38. The van der Waals surface area contributed by atoms with E-state index in [4.69, 9.17) is 21.4 Å². The van der Waals surface area contributed by atoms with Crippen molar-refractivity contribution in [2.24, 2.45) is 0 Å². The van der Waals surface area contributed by atoms with Crippen LogP contribution in [0.1, 0.15) is 25.8 Å². The number of nitro benzene ring substituents is 1. The Morgan fingerprint density at radius 2 is 1.90 bits per heavy atom. The van der Waals surface area contributed by atoms with E-state index in [9.17, 15) is 28.1 Å². The van der Waals surface area contributed by atoms with E-state index in [0.29, 0.717) is 6.07 Å². The first kappa shape index (κ1) is 22.3. The molecule has 0 aromatic heterocycles. The summed E-state index contributed by atoms with van der Waals surface area (Å²) < 4.78 is 43.7. The lowest BCUT2D eigenvalue weighted by atomic mass is 10.00. The van der Waals surface area contributed by atoms with Crippen molar-refractivity contribution in [2.45, 2.75) is 32.0 Å². The molecule has 0 unspecified atom stereocenters. The lowest BCUT2D eigenvalue weighted by Crippen LogP contribution is -2.33. The molecule has 0 aliphatic heterocycles. The predicted molar refractivity (Wildman–Crippen MR) is 99.6 cm³/mol. The number of carboxylic acid groups (broad SMARTS) is 1. The summed E-state index contributed by atoms with van der Waals surface area (Å²) in [7, 11) is 0. The van der Waals surface area contributed by atoms with Gasteiger partial charge in [0.25, 0.3) is 5.69 Å². The molecule has 2 N–H and O–H groups in total. The number of nitrogens with one attached hydrogen (secondary N) is 1. The minimum atomic E-state index is -4.57. The van der Waals surface area contributed by atoms with Crippen molar-refractivity contribution >= 4 is 28.9 Å². The molecule has 0 amide bonds. The number of aliphatic carboxylic acids is 1. The van der Waals surface area contributed by atoms with Gasteiger partial charge in [0, 0.05) is 17.7 Å². The number of rotatable bonds is 7. The van der Waals surface area contributed by atoms with Gasteiger partial charge in [0.1, 0.15) is 17.2 Å². The molecule has 0 saturated carbocycles. The third-order valence-corrected chi connectivity index (χ3v) is 4.01. The maximum Gasteiger partial charge on any atom is 0.416 e. The summed E-state index contributed by atoms with van der Waals surface area (Å²) in [5, 5.41) is 22.7. The van der Waals surface area contributed by atoms with Crippen LogP contribution >= 0.6 is 11.6 Å². The Bertz CT molecular complexity index is 948. The fourth-order valence-corrected chi connectivity index (χ4v) is 2.73. The summed E-state index contributed by atoms with van der Waals surface area (Å²) in [6.45, 7) is 3.09. The third-order valence-electron chi connectivity index (χ3n) is 3.72. The number of alkyl halides is 3. The fourth-order valence-electron chi connectivity index (χ4n) is 2.51. The zero-order valence-electron chi connectivity index (χ0n) is 15.2. The van der Waals surface area contributed by atoms with Gasteiger partial charge in [-0.1, -0.05) is 11.6 Å². The number of ether oxygens (including phenoxy) is 1. The zero-order valence-corrected chi connectivity index (χ0v) is 16.0. The normalized spacial score (nSPS) is 11.8. The van der Waals surface area contributed by atoms with Crippen LogP contribution in [0.15, 0.2) is 36.4 Å². The third kappa shape index (κ3) is 5.98. The van der Waals surface area contributed by atoms with E-state index in [-0.39, 0.29) is 34.3 Å². The number of hydrogen-bond donors (Lipinski definition) is 2. The Morgan fingerprint density at radius 3 is 2.41 bits per heavy atom. The van der Waals surface area contributed by atoms with Crippen molar-refractivity contribution in [3.05, 3.63) is 57.1 Å². The van der Waals surface area contributed by atoms with Gasteiger partial charge < -0.3 is 15.2 Å². The minimum absolute atomic E-state index is 0.0122. The monoisotopic (exact) mass is 432 g/mol. The molecule has 2 rings (SSSR count). The second kappa shape index (κ2) is 8.16. The Morgan fingerprint density at radius 1 is 1.24 bits per heavy atom. The van der Waals surface area contributed by atoms with E-state index in [1.165, 1.54) is 12.1 Å². The Hall–Kier alpha value is -3.01. The lowest BCUT2D eigenvalue weighted by molar-refractivity contribution is -0.384. The first-order chi connectivity index (χ1) is 13.3. The number of hydrogen-bond acceptors (Lipinski definition) is 5. The zero-order chi connectivity index (χ0) is 22.0. The van der Waals surface area contributed by atoms with Crippen LogP contribution in [0.25, 0.3) is 0 Å². The SMILES string of the molecule is CC(C)(CC(=O)O)Nc1cc(Oc2ccc(C(F)(F)F)cc2Cl)ccc1[N+](=O)[O-]. The molecule has 29 heavy (non-hydrogen) atoms. The second-order valence-electron chi connectivity index (χ2n) is 6.76. The molecule has 0 saturated heterocycles. The van der Waals surface area contributed by atoms with E-state index in [0.717, 1.165) is 18.2 Å². The smallest absolute Gasteiger partial charge is 0.416 e. The molecule has 2 aromatic carbocycles. The first-order valence-electron chi connectivity index (χ1n) is 8.11. The molecule has 156 valence electrons. The summed E-state index contributed by atoms with van der Waals surface area (Å²) in [6, 6.07) is 6.16. The van der Waals surface area contributed by atoms with Crippen molar-refractivity contribution < 1.29 is 32.7 Å². The molecule has 0 aliphatic carbocycles. The van der Waals surface area contributed by atoms with E-state index in [2.05, 4.69) is 5.32 Å². The molecule has 0 bridgehead atoms. The summed E-state index contributed by atoms with van der Waals surface area (Å²) in [5.41, 5.74) is -2.31. The van der Waals surface area contributed by atoms with Gasteiger partial charge >= 0.3 is 12.1 Å². The van der Waals surface area contributed by atoms with Crippen molar-refractivity contribution in [1.82, 2.24) is 0 Å². The summed E-state index contributed by atoms with van der Waals surface area (Å²) in [5.74, 6) is -1.12. The summed E-state index contributed by atoms with van der Waals surface area (Å²) >= 11 is 5.86. The fraction of sp³-hybridized carbons (Fsp3) is 0.278. The van der Waals surface area contributed by atoms with Crippen LogP contribution in [0, 0.1) is 10.1 Å². The Balaban J connectivity index is 2.35. The molecule has 0 fully saturated rings. The van der Waals surface area contributed by atoms with Crippen molar-refractivity contribution in [3.8, 4) is 11.5 Å². The average molecular weight is 433 g/mol.